The average Bonchev–Trinajstić information content (AvgIpc) is 2.45. The van der Waals surface area contributed by atoms with Crippen molar-refractivity contribution in [1.82, 2.24) is 10.2 Å². The van der Waals surface area contributed by atoms with Gasteiger partial charge in [-0.3, -0.25) is 0 Å². The van der Waals surface area contributed by atoms with Gasteiger partial charge in [-0.05, 0) is 38.3 Å². The van der Waals surface area contributed by atoms with Crippen molar-refractivity contribution in [3.8, 4) is 0 Å². The predicted octanol–water partition coefficient (Wildman–Crippen LogP) is 2.35. The Labute approximate surface area is 95.4 Å². The van der Waals surface area contributed by atoms with Gasteiger partial charge in [0.2, 0.25) is 0 Å². The van der Waals surface area contributed by atoms with Gasteiger partial charge in [0.25, 0.3) is 0 Å². The highest BCUT2D eigenvalue weighted by Gasteiger charge is 2.26. The van der Waals surface area contributed by atoms with E-state index in [1.54, 1.807) is 0 Å². The number of rotatable bonds is 5. The van der Waals surface area contributed by atoms with Crippen molar-refractivity contribution in [2.24, 2.45) is 11.3 Å². The van der Waals surface area contributed by atoms with Crippen LogP contribution in [0.3, 0.4) is 0 Å². The maximum Gasteiger partial charge on any atom is 0.00929 e. The number of hydrogen-bond donors (Lipinski definition) is 1. The number of hydrogen-bond acceptors (Lipinski definition) is 2. The first-order chi connectivity index (χ1) is 6.91. The van der Waals surface area contributed by atoms with Crippen LogP contribution in [-0.2, 0) is 0 Å². The molecule has 2 heteroatoms. The monoisotopic (exact) mass is 212 g/mol. The zero-order chi connectivity index (χ0) is 11.5. The molecule has 0 saturated heterocycles. The Bertz CT molecular complexity index is 187. The summed E-state index contributed by atoms with van der Waals surface area (Å²) >= 11 is 0. The van der Waals surface area contributed by atoms with Crippen LogP contribution in [0.2, 0.25) is 0 Å². The van der Waals surface area contributed by atoms with E-state index in [-0.39, 0.29) is 0 Å². The highest BCUT2D eigenvalue weighted by atomic mass is 15.1. The van der Waals surface area contributed by atoms with Gasteiger partial charge in [0.05, 0.1) is 0 Å². The molecule has 0 radical (unpaired) electrons. The summed E-state index contributed by atoms with van der Waals surface area (Å²) in [5.41, 5.74) is 0.381. The second-order valence-electron chi connectivity index (χ2n) is 6.30. The summed E-state index contributed by atoms with van der Waals surface area (Å²) in [5.74, 6) is 0.875. The molecule has 0 aromatic carbocycles. The Hall–Kier alpha value is -0.0800. The Kier molecular flexibility index (Phi) is 4.60. The fraction of sp³-hybridized carbons (Fsp3) is 1.00. The lowest BCUT2D eigenvalue weighted by atomic mass is 9.92. The van der Waals surface area contributed by atoms with E-state index >= 15 is 0 Å². The third-order valence-corrected chi connectivity index (χ3v) is 3.45. The van der Waals surface area contributed by atoms with Gasteiger partial charge in [-0.15, -0.1) is 0 Å². The summed E-state index contributed by atoms with van der Waals surface area (Å²) in [4.78, 5) is 2.28. The molecule has 1 N–H and O–H groups in total. The molecule has 0 aliphatic heterocycles. The Balaban J connectivity index is 2.28. The maximum absolute atomic E-state index is 3.75. The summed E-state index contributed by atoms with van der Waals surface area (Å²) in [7, 11) is 4.31. The van der Waals surface area contributed by atoms with Gasteiger partial charge in [0, 0.05) is 19.1 Å². The van der Waals surface area contributed by atoms with Gasteiger partial charge in [0.1, 0.15) is 0 Å². The van der Waals surface area contributed by atoms with Crippen molar-refractivity contribution >= 4 is 0 Å². The molecule has 0 spiro atoms. The molecule has 0 amide bonds. The minimum atomic E-state index is 0.381. The molecule has 1 fully saturated rings. The summed E-state index contributed by atoms with van der Waals surface area (Å²) < 4.78 is 0. The highest BCUT2D eigenvalue weighted by molar-refractivity contribution is 4.83. The van der Waals surface area contributed by atoms with Crippen molar-refractivity contribution in [2.45, 2.75) is 46.1 Å². The summed E-state index contributed by atoms with van der Waals surface area (Å²) in [5, 5.41) is 3.75. The molecular weight excluding hydrogens is 184 g/mol. The molecule has 1 rings (SSSR count). The minimum absolute atomic E-state index is 0.381. The van der Waals surface area contributed by atoms with Crippen molar-refractivity contribution in [3.05, 3.63) is 0 Å². The second-order valence-corrected chi connectivity index (χ2v) is 6.30. The lowest BCUT2D eigenvalue weighted by molar-refractivity contribution is 0.220. The Morgan fingerprint density at radius 1 is 1.27 bits per heavy atom. The van der Waals surface area contributed by atoms with Gasteiger partial charge in [0.15, 0.2) is 0 Å². The zero-order valence-corrected chi connectivity index (χ0v) is 11.1. The normalized spacial score (nSPS) is 27.6. The van der Waals surface area contributed by atoms with E-state index < -0.39 is 0 Å². The van der Waals surface area contributed by atoms with Crippen LogP contribution in [-0.4, -0.2) is 38.1 Å². The topological polar surface area (TPSA) is 15.3 Å². The van der Waals surface area contributed by atoms with Gasteiger partial charge < -0.3 is 10.2 Å². The van der Waals surface area contributed by atoms with Gasteiger partial charge in [-0.1, -0.05) is 27.2 Å². The van der Waals surface area contributed by atoms with Crippen LogP contribution < -0.4 is 5.32 Å². The van der Waals surface area contributed by atoms with Crippen LogP contribution in [0.5, 0.6) is 0 Å². The molecule has 1 aliphatic rings. The van der Waals surface area contributed by atoms with Crippen LogP contribution in [0.25, 0.3) is 0 Å². The largest absolute Gasteiger partial charge is 0.313 e. The average molecular weight is 212 g/mol. The molecule has 15 heavy (non-hydrogen) atoms. The Morgan fingerprint density at radius 2 is 1.93 bits per heavy atom. The molecule has 0 heterocycles. The first-order valence-corrected chi connectivity index (χ1v) is 6.29. The summed E-state index contributed by atoms with van der Waals surface area (Å²) in [6.45, 7) is 9.37. The molecule has 1 saturated carbocycles. The molecule has 0 unspecified atom stereocenters. The molecule has 2 atom stereocenters. The lowest BCUT2D eigenvalue weighted by Gasteiger charge is -2.31. The van der Waals surface area contributed by atoms with Crippen LogP contribution in [0.1, 0.15) is 40.0 Å². The molecule has 1 aliphatic carbocycles. The quantitative estimate of drug-likeness (QED) is 0.752. The van der Waals surface area contributed by atoms with E-state index in [0.29, 0.717) is 5.41 Å². The predicted molar refractivity (Wildman–Crippen MR) is 67.1 cm³/mol. The highest BCUT2D eigenvalue weighted by Crippen LogP contribution is 2.25. The summed E-state index contributed by atoms with van der Waals surface area (Å²) in [6, 6.07) is 0.770. The lowest BCUT2D eigenvalue weighted by Crippen LogP contribution is -2.42. The van der Waals surface area contributed by atoms with Gasteiger partial charge >= 0.3 is 0 Å². The number of nitrogens with zero attached hydrogens (tertiary/aromatic N) is 1. The van der Waals surface area contributed by atoms with Gasteiger partial charge in [-0.2, -0.15) is 0 Å². The molecule has 0 aromatic heterocycles. The molecule has 0 bridgehead atoms. The maximum atomic E-state index is 3.75. The first-order valence-electron chi connectivity index (χ1n) is 6.29. The minimum Gasteiger partial charge on any atom is -0.313 e. The smallest absolute Gasteiger partial charge is 0.00929 e. The third kappa shape index (κ3) is 4.52. The Morgan fingerprint density at radius 3 is 2.40 bits per heavy atom. The van der Waals surface area contributed by atoms with E-state index in [0.717, 1.165) is 25.0 Å². The molecule has 90 valence electrons. The van der Waals surface area contributed by atoms with Crippen LogP contribution in [0.15, 0.2) is 0 Å². The molecular formula is C13H28N2. The van der Waals surface area contributed by atoms with Crippen molar-refractivity contribution < 1.29 is 0 Å². The van der Waals surface area contributed by atoms with Crippen molar-refractivity contribution in [2.75, 3.05) is 27.2 Å². The first kappa shape index (κ1) is 13.0. The van der Waals surface area contributed by atoms with E-state index in [9.17, 15) is 0 Å². The van der Waals surface area contributed by atoms with Crippen molar-refractivity contribution in [3.63, 3.8) is 0 Å². The van der Waals surface area contributed by atoms with E-state index in [2.05, 4.69) is 45.1 Å². The third-order valence-electron chi connectivity index (χ3n) is 3.45. The molecule has 2 nitrogen and oxygen atoms in total. The van der Waals surface area contributed by atoms with Crippen LogP contribution in [0.4, 0.5) is 0 Å². The van der Waals surface area contributed by atoms with E-state index in [4.69, 9.17) is 0 Å². The fourth-order valence-corrected chi connectivity index (χ4v) is 2.77. The fourth-order valence-electron chi connectivity index (χ4n) is 2.77. The van der Waals surface area contributed by atoms with Crippen LogP contribution in [0, 0.1) is 11.3 Å². The summed E-state index contributed by atoms with van der Waals surface area (Å²) in [6.07, 6.45) is 4.19. The number of nitrogens with one attached hydrogen (secondary N) is 1. The van der Waals surface area contributed by atoms with Gasteiger partial charge in [-0.25, -0.2) is 0 Å². The van der Waals surface area contributed by atoms with Crippen LogP contribution >= 0.6 is 0 Å². The van der Waals surface area contributed by atoms with Crippen molar-refractivity contribution in [1.29, 1.82) is 0 Å². The molecule has 0 aromatic rings. The SMILES string of the molecule is C[C@@H]1CCC[C@@H]1NCC(C)(C)CN(C)C. The standard InChI is InChI=1S/C13H28N2/c1-11-7-6-8-12(11)14-9-13(2,3)10-15(4)5/h11-12,14H,6-10H2,1-5H3/t11-,12+/m1/s1. The van der Waals surface area contributed by atoms with E-state index in [1.807, 2.05) is 0 Å². The second kappa shape index (κ2) is 5.31. The zero-order valence-electron chi connectivity index (χ0n) is 11.1. The van der Waals surface area contributed by atoms with E-state index in [1.165, 1.54) is 19.3 Å².